The Morgan fingerprint density at radius 1 is 1.12 bits per heavy atom. The van der Waals surface area contributed by atoms with Gasteiger partial charge in [0, 0.05) is 17.7 Å². The van der Waals surface area contributed by atoms with Crippen molar-refractivity contribution in [3.8, 4) is 11.1 Å². The molecule has 4 rings (SSSR count). The first-order chi connectivity index (χ1) is 15.3. The Morgan fingerprint density at radius 2 is 1.97 bits per heavy atom. The summed E-state index contributed by atoms with van der Waals surface area (Å²) >= 11 is 0. The number of halogens is 1. The molecule has 4 atom stereocenters. The van der Waals surface area contributed by atoms with Crippen molar-refractivity contribution in [3.05, 3.63) is 60.2 Å². The fourth-order valence-corrected chi connectivity index (χ4v) is 5.54. The second-order valence-corrected chi connectivity index (χ2v) is 10.3. The second-order valence-electron chi connectivity index (χ2n) is 10.3. The fourth-order valence-electron chi connectivity index (χ4n) is 5.54. The monoisotopic (exact) mass is 435 g/mol. The lowest BCUT2D eigenvalue weighted by Crippen LogP contribution is -2.31. The number of fused-ring (bicyclic) bond motifs is 1. The molecule has 0 N–H and O–H groups in total. The van der Waals surface area contributed by atoms with Gasteiger partial charge in [0.25, 0.3) is 0 Å². The molecular weight excluding hydrogens is 401 g/mol. The molecular formula is C28H34FNO2. The molecule has 0 spiro atoms. The highest BCUT2D eigenvalue weighted by Crippen LogP contribution is 2.45. The summed E-state index contributed by atoms with van der Waals surface area (Å²) in [6.07, 6.45) is 12.8. The van der Waals surface area contributed by atoms with Gasteiger partial charge in [-0.25, -0.2) is 4.39 Å². The average molecular weight is 436 g/mol. The minimum atomic E-state index is -0.248. The zero-order valence-electron chi connectivity index (χ0n) is 19.4. The predicted octanol–water partition coefficient (Wildman–Crippen LogP) is 7.08. The summed E-state index contributed by atoms with van der Waals surface area (Å²) in [7, 11) is 0. The van der Waals surface area contributed by atoms with Crippen molar-refractivity contribution in [1.82, 2.24) is 4.98 Å². The van der Waals surface area contributed by atoms with Gasteiger partial charge >= 0.3 is 5.97 Å². The lowest BCUT2D eigenvalue weighted by Gasteiger charge is -2.33. The van der Waals surface area contributed by atoms with Crippen LogP contribution in [0.3, 0.4) is 0 Å². The summed E-state index contributed by atoms with van der Waals surface area (Å²) in [4.78, 5) is 17.3. The minimum Gasteiger partial charge on any atom is -0.462 e. The lowest BCUT2D eigenvalue weighted by atomic mass is 9.69. The van der Waals surface area contributed by atoms with E-state index in [1.807, 2.05) is 25.1 Å². The van der Waals surface area contributed by atoms with Crippen LogP contribution in [0.15, 0.2) is 48.7 Å². The smallest absolute Gasteiger partial charge is 0.309 e. The van der Waals surface area contributed by atoms with E-state index in [0.717, 1.165) is 29.7 Å². The second kappa shape index (κ2) is 9.56. The van der Waals surface area contributed by atoms with Crippen molar-refractivity contribution in [3.63, 3.8) is 0 Å². The maximum Gasteiger partial charge on any atom is 0.309 e. The van der Waals surface area contributed by atoms with Gasteiger partial charge in [-0.2, -0.15) is 0 Å². The largest absolute Gasteiger partial charge is 0.462 e. The number of pyridine rings is 1. The van der Waals surface area contributed by atoms with Gasteiger partial charge in [-0.1, -0.05) is 57.4 Å². The number of aromatic nitrogens is 1. The SMILES string of the molecule is C[C@H]1OC(=O)[C@@H]2CC(C)(C)CCCCC[C@H](/C=C/c3ccc(-c4cccc(F)c4)cn3)[C@H]12. The Morgan fingerprint density at radius 3 is 2.72 bits per heavy atom. The third kappa shape index (κ3) is 5.28. The molecule has 170 valence electrons. The van der Waals surface area contributed by atoms with Crippen molar-refractivity contribution in [2.24, 2.45) is 23.2 Å². The lowest BCUT2D eigenvalue weighted by molar-refractivity contribution is -0.144. The maximum absolute atomic E-state index is 13.5. The molecule has 0 amide bonds. The van der Waals surface area contributed by atoms with Crippen LogP contribution in [0.1, 0.15) is 65.0 Å². The number of nitrogens with zero attached hydrogens (tertiary/aromatic N) is 1. The number of hydrogen-bond donors (Lipinski definition) is 0. The van der Waals surface area contributed by atoms with Crippen molar-refractivity contribution in [2.45, 2.75) is 65.4 Å². The minimum absolute atomic E-state index is 0.0212. The standard InChI is InChI=1S/C28H34FNO2/c1-19-26-20(8-5-4-6-15-28(2,3)17-25(26)27(31)32-19)11-13-24-14-12-22(18-30-24)21-9-7-10-23(29)16-21/h7,9-14,16,18-20,25-26H,4-6,8,15,17H2,1-3H3/b13-11+/t19-,20-,25-,26+/m1/s1. The van der Waals surface area contributed by atoms with Crippen LogP contribution in [0.25, 0.3) is 17.2 Å². The molecule has 3 nitrogen and oxygen atoms in total. The quantitative estimate of drug-likeness (QED) is 0.484. The van der Waals surface area contributed by atoms with Crippen LogP contribution in [0.2, 0.25) is 0 Å². The molecule has 1 saturated carbocycles. The number of ether oxygens (including phenoxy) is 1. The zero-order chi connectivity index (χ0) is 22.7. The van der Waals surface area contributed by atoms with Crippen LogP contribution >= 0.6 is 0 Å². The highest BCUT2D eigenvalue weighted by Gasteiger charge is 2.47. The molecule has 1 aromatic heterocycles. The van der Waals surface area contributed by atoms with Gasteiger partial charge in [0.2, 0.25) is 0 Å². The molecule has 32 heavy (non-hydrogen) atoms. The number of carbonyl (C=O) groups excluding carboxylic acids is 1. The molecule has 1 saturated heterocycles. The van der Waals surface area contributed by atoms with E-state index in [-0.39, 0.29) is 35.1 Å². The predicted molar refractivity (Wildman–Crippen MR) is 126 cm³/mol. The summed E-state index contributed by atoms with van der Waals surface area (Å²) in [5.41, 5.74) is 2.75. The maximum atomic E-state index is 13.5. The number of carbonyl (C=O) groups is 1. The third-order valence-corrected chi connectivity index (χ3v) is 7.23. The fraction of sp³-hybridized carbons (Fsp3) is 0.500. The molecule has 1 aliphatic heterocycles. The van der Waals surface area contributed by atoms with Gasteiger partial charge in [0.1, 0.15) is 11.9 Å². The molecule has 4 heteroatoms. The number of esters is 1. The molecule has 2 heterocycles. The number of allylic oxidation sites excluding steroid dienone is 1. The van der Waals surface area contributed by atoms with Crippen LogP contribution in [-0.2, 0) is 9.53 Å². The van der Waals surface area contributed by atoms with E-state index in [4.69, 9.17) is 4.74 Å². The summed E-state index contributed by atoms with van der Waals surface area (Å²) in [5.74, 6) is 0.202. The molecule has 1 aromatic carbocycles. The van der Waals surface area contributed by atoms with E-state index in [1.54, 1.807) is 12.3 Å². The summed E-state index contributed by atoms with van der Waals surface area (Å²) < 4.78 is 19.3. The Hall–Kier alpha value is -2.49. The first-order valence-electron chi connectivity index (χ1n) is 11.9. The zero-order valence-corrected chi connectivity index (χ0v) is 19.4. The van der Waals surface area contributed by atoms with Crippen LogP contribution in [-0.4, -0.2) is 17.1 Å². The topological polar surface area (TPSA) is 39.2 Å². The molecule has 0 radical (unpaired) electrons. The number of cyclic esters (lactones) is 1. The van der Waals surface area contributed by atoms with Crippen LogP contribution in [0, 0.1) is 29.0 Å². The van der Waals surface area contributed by atoms with Gasteiger partial charge in [0.15, 0.2) is 0 Å². The van der Waals surface area contributed by atoms with Gasteiger partial charge in [0.05, 0.1) is 11.6 Å². The Balaban J connectivity index is 1.54. The van der Waals surface area contributed by atoms with Crippen molar-refractivity contribution in [1.29, 1.82) is 0 Å². The van der Waals surface area contributed by atoms with Crippen LogP contribution in [0.4, 0.5) is 4.39 Å². The van der Waals surface area contributed by atoms with E-state index in [2.05, 4.69) is 31.0 Å². The number of rotatable bonds is 3. The van der Waals surface area contributed by atoms with Gasteiger partial charge in [-0.15, -0.1) is 0 Å². The van der Waals surface area contributed by atoms with Crippen molar-refractivity contribution < 1.29 is 13.9 Å². The first-order valence-corrected chi connectivity index (χ1v) is 11.9. The average Bonchev–Trinajstić information content (AvgIpc) is 3.02. The first kappa shape index (κ1) is 22.7. The normalized spacial score (nSPS) is 28.3. The van der Waals surface area contributed by atoms with Crippen molar-refractivity contribution in [2.75, 3.05) is 0 Å². The van der Waals surface area contributed by atoms with Crippen LogP contribution < -0.4 is 0 Å². The van der Waals surface area contributed by atoms with Gasteiger partial charge in [-0.05, 0) is 67.4 Å². The number of benzene rings is 1. The van der Waals surface area contributed by atoms with E-state index in [1.165, 1.54) is 37.8 Å². The Bertz CT molecular complexity index is 966. The highest BCUT2D eigenvalue weighted by atomic mass is 19.1. The molecule has 0 unspecified atom stereocenters. The molecule has 2 fully saturated rings. The van der Waals surface area contributed by atoms with E-state index in [0.29, 0.717) is 5.92 Å². The summed E-state index contributed by atoms with van der Waals surface area (Å²) in [5, 5.41) is 0. The van der Waals surface area contributed by atoms with Crippen molar-refractivity contribution >= 4 is 12.0 Å². The number of hydrogen-bond acceptors (Lipinski definition) is 3. The van der Waals surface area contributed by atoms with E-state index >= 15 is 0 Å². The molecule has 2 aromatic rings. The third-order valence-electron chi connectivity index (χ3n) is 7.23. The Kier molecular flexibility index (Phi) is 6.78. The summed E-state index contributed by atoms with van der Waals surface area (Å²) in [6.45, 7) is 6.63. The molecule has 0 bridgehead atoms. The van der Waals surface area contributed by atoms with Crippen LogP contribution in [0.5, 0.6) is 0 Å². The van der Waals surface area contributed by atoms with E-state index in [9.17, 15) is 9.18 Å². The highest BCUT2D eigenvalue weighted by molar-refractivity contribution is 5.75. The Labute approximate surface area is 191 Å². The van der Waals surface area contributed by atoms with Gasteiger partial charge in [-0.3, -0.25) is 9.78 Å². The molecule has 2 aliphatic rings. The summed E-state index contributed by atoms with van der Waals surface area (Å²) in [6, 6.07) is 10.5. The molecule has 1 aliphatic carbocycles. The van der Waals surface area contributed by atoms with E-state index < -0.39 is 0 Å². The van der Waals surface area contributed by atoms with Gasteiger partial charge < -0.3 is 4.74 Å².